The Morgan fingerprint density at radius 2 is 1.65 bits per heavy atom. The van der Waals surface area contributed by atoms with Crippen molar-refractivity contribution < 1.29 is 13.2 Å². The van der Waals surface area contributed by atoms with E-state index >= 15 is 0 Å². The number of nitrogens with zero attached hydrogens (tertiary/aromatic N) is 1. The molecule has 0 aliphatic heterocycles. The average molecular weight is 367 g/mol. The van der Waals surface area contributed by atoms with Crippen molar-refractivity contribution in [1.82, 2.24) is 4.98 Å². The molecule has 132 valence electrons. The fraction of sp³-hybridized carbons (Fsp3) is 0.0526. The van der Waals surface area contributed by atoms with Crippen LogP contribution < -0.4 is 10.0 Å². The number of benzene rings is 2. The lowest BCUT2D eigenvalue weighted by Gasteiger charge is -2.10. The second-order valence-electron chi connectivity index (χ2n) is 5.62. The molecule has 0 bridgehead atoms. The van der Waals surface area contributed by atoms with Crippen LogP contribution in [0.4, 0.5) is 11.5 Å². The highest BCUT2D eigenvalue weighted by molar-refractivity contribution is 7.92. The molecular weight excluding hydrogens is 350 g/mol. The van der Waals surface area contributed by atoms with Crippen LogP contribution in [0.2, 0.25) is 0 Å². The SMILES string of the molecule is Cc1cccc(NC(=O)c2cccc(NS(=O)(=O)c3ccccc3)c2)n1. The van der Waals surface area contributed by atoms with Gasteiger partial charge in [0.05, 0.1) is 4.90 Å². The summed E-state index contributed by atoms with van der Waals surface area (Å²) in [7, 11) is -3.71. The molecule has 2 N–H and O–H groups in total. The van der Waals surface area contributed by atoms with Gasteiger partial charge in [-0.15, -0.1) is 0 Å². The number of carbonyl (C=O) groups is 1. The van der Waals surface area contributed by atoms with Crippen LogP contribution >= 0.6 is 0 Å². The molecule has 0 spiro atoms. The standard InChI is InChI=1S/C19H17N3O3S/c1-14-7-5-12-18(20-14)21-19(23)15-8-6-9-16(13-15)22-26(24,25)17-10-3-2-4-11-17/h2-13,22H,1H3,(H,20,21,23). The normalized spacial score (nSPS) is 11.0. The summed E-state index contributed by atoms with van der Waals surface area (Å²) in [5.41, 5.74) is 1.41. The molecule has 0 radical (unpaired) electrons. The van der Waals surface area contributed by atoms with E-state index in [4.69, 9.17) is 0 Å². The van der Waals surface area contributed by atoms with Crippen molar-refractivity contribution >= 4 is 27.4 Å². The maximum Gasteiger partial charge on any atom is 0.261 e. The van der Waals surface area contributed by atoms with E-state index in [9.17, 15) is 13.2 Å². The molecule has 0 aliphatic rings. The van der Waals surface area contributed by atoms with Gasteiger partial charge in [0.15, 0.2) is 0 Å². The Bertz CT molecular complexity index is 1030. The zero-order valence-corrected chi connectivity index (χ0v) is 14.8. The van der Waals surface area contributed by atoms with Crippen LogP contribution in [0.1, 0.15) is 16.1 Å². The Morgan fingerprint density at radius 3 is 2.38 bits per heavy atom. The lowest BCUT2D eigenvalue weighted by Crippen LogP contribution is -2.15. The molecule has 0 atom stereocenters. The van der Waals surface area contributed by atoms with Gasteiger partial charge in [-0.1, -0.05) is 30.3 Å². The number of amides is 1. The first-order chi connectivity index (χ1) is 12.4. The summed E-state index contributed by atoms with van der Waals surface area (Å²) in [6.45, 7) is 1.83. The van der Waals surface area contributed by atoms with Gasteiger partial charge < -0.3 is 5.32 Å². The third-order valence-corrected chi connectivity index (χ3v) is 4.96. The maximum atomic E-state index is 12.4. The van der Waals surface area contributed by atoms with Crippen LogP contribution in [0, 0.1) is 6.92 Å². The number of nitrogens with one attached hydrogen (secondary N) is 2. The molecule has 1 amide bonds. The highest BCUT2D eigenvalue weighted by Crippen LogP contribution is 2.18. The van der Waals surface area contributed by atoms with Crippen LogP contribution in [-0.2, 0) is 10.0 Å². The van der Waals surface area contributed by atoms with Crippen LogP contribution in [0.15, 0.2) is 77.7 Å². The maximum absolute atomic E-state index is 12.4. The minimum Gasteiger partial charge on any atom is -0.307 e. The molecule has 0 saturated carbocycles. The van der Waals surface area contributed by atoms with E-state index in [2.05, 4.69) is 15.0 Å². The molecule has 0 saturated heterocycles. The van der Waals surface area contributed by atoms with Gasteiger partial charge in [0.25, 0.3) is 15.9 Å². The Morgan fingerprint density at radius 1 is 0.923 bits per heavy atom. The predicted octanol–water partition coefficient (Wildman–Crippen LogP) is 3.44. The fourth-order valence-corrected chi connectivity index (χ4v) is 3.41. The first kappa shape index (κ1) is 17.6. The monoisotopic (exact) mass is 367 g/mol. The largest absolute Gasteiger partial charge is 0.307 e. The highest BCUT2D eigenvalue weighted by atomic mass is 32.2. The molecular formula is C19H17N3O3S. The van der Waals surface area contributed by atoms with Crippen molar-refractivity contribution in [2.45, 2.75) is 11.8 Å². The van der Waals surface area contributed by atoms with E-state index < -0.39 is 10.0 Å². The summed E-state index contributed by atoms with van der Waals surface area (Å²) >= 11 is 0. The van der Waals surface area contributed by atoms with Gasteiger partial charge in [0.2, 0.25) is 0 Å². The summed E-state index contributed by atoms with van der Waals surface area (Å²) in [4.78, 5) is 16.8. The molecule has 6 nitrogen and oxygen atoms in total. The van der Waals surface area contributed by atoms with E-state index in [0.29, 0.717) is 17.1 Å². The number of hydrogen-bond donors (Lipinski definition) is 2. The lowest BCUT2D eigenvalue weighted by atomic mass is 10.2. The molecule has 1 aromatic heterocycles. The van der Waals surface area contributed by atoms with Gasteiger partial charge in [0, 0.05) is 16.9 Å². The van der Waals surface area contributed by atoms with E-state index in [0.717, 1.165) is 5.69 Å². The molecule has 0 unspecified atom stereocenters. The number of anilines is 2. The molecule has 0 fully saturated rings. The summed E-state index contributed by atoms with van der Waals surface area (Å²) < 4.78 is 27.3. The summed E-state index contributed by atoms with van der Waals surface area (Å²) in [6.07, 6.45) is 0. The zero-order valence-electron chi connectivity index (χ0n) is 14.0. The van der Waals surface area contributed by atoms with E-state index in [-0.39, 0.29) is 10.8 Å². The zero-order chi connectivity index (χ0) is 18.6. The summed E-state index contributed by atoms with van der Waals surface area (Å²) in [5.74, 6) is 0.0640. The van der Waals surface area contributed by atoms with Gasteiger partial charge in [-0.25, -0.2) is 13.4 Å². The fourth-order valence-electron chi connectivity index (χ4n) is 2.34. The number of sulfonamides is 1. The van der Waals surface area contributed by atoms with Crippen LogP contribution in [0.3, 0.4) is 0 Å². The minimum absolute atomic E-state index is 0.152. The average Bonchev–Trinajstić information content (AvgIpc) is 2.62. The van der Waals surface area contributed by atoms with Crippen LogP contribution in [0.5, 0.6) is 0 Å². The van der Waals surface area contributed by atoms with Gasteiger partial charge in [-0.05, 0) is 49.4 Å². The van der Waals surface area contributed by atoms with E-state index in [1.165, 1.54) is 18.2 Å². The van der Waals surface area contributed by atoms with Crippen LogP contribution in [0.25, 0.3) is 0 Å². The number of aryl methyl sites for hydroxylation is 1. The lowest BCUT2D eigenvalue weighted by molar-refractivity contribution is 0.102. The highest BCUT2D eigenvalue weighted by Gasteiger charge is 2.14. The Labute approximate surface area is 152 Å². The Kier molecular flexibility index (Phi) is 4.99. The number of pyridine rings is 1. The van der Waals surface area contributed by atoms with Crippen LogP contribution in [-0.4, -0.2) is 19.3 Å². The molecule has 2 aromatic carbocycles. The topological polar surface area (TPSA) is 88.2 Å². The van der Waals surface area contributed by atoms with Crippen molar-refractivity contribution in [1.29, 1.82) is 0 Å². The van der Waals surface area contributed by atoms with Crippen molar-refractivity contribution in [3.05, 3.63) is 84.1 Å². The number of rotatable bonds is 5. The molecule has 0 aliphatic carbocycles. The van der Waals surface area contributed by atoms with Crippen molar-refractivity contribution in [3.8, 4) is 0 Å². The first-order valence-electron chi connectivity index (χ1n) is 7.87. The van der Waals surface area contributed by atoms with Crippen molar-refractivity contribution in [3.63, 3.8) is 0 Å². The molecule has 3 rings (SSSR count). The van der Waals surface area contributed by atoms with Gasteiger partial charge in [0.1, 0.15) is 5.82 Å². The number of carbonyl (C=O) groups excluding carboxylic acids is 1. The van der Waals surface area contributed by atoms with Gasteiger partial charge >= 0.3 is 0 Å². The first-order valence-corrected chi connectivity index (χ1v) is 9.35. The summed E-state index contributed by atoms with van der Waals surface area (Å²) in [6, 6.07) is 19.6. The predicted molar refractivity (Wildman–Crippen MR) is 101 cm³/mol. The molecule has 1 heterocycles. The third kappa shape index (κ3) is 4.25. The Balaban J connectivity index is 1.79. The molecule has 7 heteroatoms. The Hall–Kier alpha value is -3.19. The van der Waals surface area contributed by atoms with Crippen molar-refractivity contribution in [2.24, 2.45) is 0 Å². The second-order valence-corrected chi connectivity index (χ2v) is 7.30. The van der Waals surface area contributed by atoms with E-state index in [1.807, 2.05) is 13.0 Å². The minimum atomic E-state index is -3.71. The number of aromatic nitrogens is 1. The van der Waals surface area contributed by atoms with Gasteiger partial charge in [-0.2, -0.15) is 0 Å². The van der Waals surface area contributed by atoms with E-state index in [1.54, 1.807) is 48.5 Å². The number of hydrogen-bond acceptors (Lipinski definition) is 4. The third-order valence-electron chi connectivity index (χ3n) is 3.56. The smallest absolute Gasteiger partial charge is 0.261 e. The molecule has 3 aromatic rings. The second kappa shape index (κ2) is 7.37. The van der Waals surface area contributed by atoms with Gasteiger partial charge in [-0.3, -0.25) is 9.52 Å². The van der Waals surface area contributed by atoms with Crippen molar-refractivity contribution in [2.75, 3.05) is 10.0 Å². The quantitative estimate of drug-likeness (QED) is 0.723. The summed E-state index contributed by atoms with van der Waals surface area (Å²) in [5, 5.41) is 2.69. The molecule has 26 heavy (non-hydrogen) atoms.